The van der Waals surface area contributed by atoms with Gasteiger partial charge >= 0.3 is 0 Å². The van der Waals surface area contributed by atoms with E-state index in [1.165, 1.54) is 17.7 Å². The summed E-state index contributed by atoms with van der Waals surface area (Å²) in [5, 5.41) is 2.05. The number of rotatable bonds is 5. The predicted octanol–water partition coefficient (Wildman–Crippen LogP) is 3.10. The second kappa shape index (κ2) is 6.85. The molecule has 2 N–H and O–H groups in total. The van der Waals surface area contributed by atoms with Gasteiger partial charge in [-0.15, -0.1) is 11.3 Å². The molecule has 0 radical (unpaired) electrons. The first kappa shape index (κ1) is 13.5. The minimum Gasteiger partial charge on any atom is -0.376 e. The standard InChI is InChI=1S/C12H18BrNO2S/c13-9-5-12(17-8-9)11(6-14)16-7-10-3-1-2-4-15-10/h5,8,10-11H,1-4,6-7,14H2. The Morgan fingerprint density at radius 3 is 3.06 bits per heavy atom. The molecule has 0 aromatic carbocycles. The van der Waals surface area contributed by atoms with Crippen molar-refractivity contribution in [2.45, 2.75) is 31.5 Å². The molecule has 1 aromatic heterocycles. The minimum absolute atomic E-state index is 0.00294. The molecule has 2 atom stereocenters. The highest BCUT2D eigenvalue weighted by molar-refractivity contribution is 9.10. The monoisotopic (exact) mass is 319 g/mol. The van der Waals surface area contributed by atoms with E-state index in [-0.39, 0.29) is 12.2 Å². The predicted molar refractivity (Wildman–Crippen MR) is 73.4 cm³/mol. The van der Waals surface area contributed by atoms with Crippen molar-refractivity contribution in [2.75, 3.05) is 19.8 Å². The number of hydrogen-bond donors (Lipinski definition) is 1. The van der Waals surface area contributed by atoms with E-state index in [2.05, 4.69) is 27.4 Å². The molecule has 1 aromatic rings. The summed E-state index contributed by atoms with van der Waals surface area (Å²) in [5.74, 6) is 0. The Balaban J connectivity index is 1.82. The Bertz CT molecular complexity index is 339. The van der Waals surface area contributed by atoms with Crippen molar-refractivity contribution in [2.24, 2.45) is 5.73 Å². The lowest BCUT2D eigenvalue weighted by molar-refractivity contribution is -0.0610. The number of ether oxygens (including phenoxy) is 2. The zero-order valence-electron chi connectivity index (χ0n) is 9.73. The number of nitrogens with two attached hydrogens (primary N) is 1. The van der Waals surface area contributed by atoms with Crippen LogP contribution in [0.2, 0.25) is 0 Å². The second-order valence-electron chi connectivity index (χ2n) is 4.21. The molecule has 1 aliphatic heterocycles. The molecular formula is C12H18BrNO2S. The molecule has 0 amide bonds. The van der Waals surface area contributed by atoms with Crippen LogP contribution in [0.3, 0.4) is 0 Å². The summed E-state index contributed by atoms with van der Waals surface area (Å²) in [7, 11) is 0. The molecule has 1 fully saturated rings. The number of thiophene rings is 1. The first-order valence-corrected chi connectivity index (χ1v) is 7.64. The van der Waals surface area contributed by atoms with E-state index in [1.54, 1.807) is 11.3 Å². The summed E-state index contributed by atoms with van der Waals surface area (Å²) >= 11 is 5.12. The molecule has 1 aliphatic rings. The third-order valence-electron chi connectivity index (χ3n) is 2.88. The van der Waals surface area contributed by atoms with Crippen molar-refractivity contribution in [1.29, 1.82) is 0 Å². The molecule has 2 unspecified atom stereocenters. The van der Waals surface area contributed by atoms with Gasteiger partial charge in [0.2, 0.25) is 0 Å². The topological polar surface area (TPSA) is 44.5 Å². The average molecular weight is 320 g/mol. The summed E-state index contributed by atoms with van der Waals surface area (Å²) < 4.78 is 12.6. The van der Waals surface area contributed by atoms with Crippen molar-refractivity contribution in [1.82, 2.24) is 0 Å². The number of hydrogen-bond acceptors (Lipinski definition) is 4. The van der Waals surface area contributed by atoms with Crippen LogP contribution < -0.4 is 5.73 Å². The summed E-state index contributed by atoms with van der Waals surface area (Å²) in [4.78, 5) is 1.18. The number of halogens is 1. The maximum Gasteiger partial charge on any atom is 0.104 e. The molecule has 0 spiro atoms. The quantitative estimate of drug-likeness (QED) is 0.907. The van der Waals surface area contributed by atoms with E-state index in [0.717, 1.165) is 17.5 Å². The Kier molecular flexibility index (Phi) is 5.44. The van der Waals surface area contributed by atoms with Crippen molar-refractivity contribution >= 4 is 27.3 Å². The summed E-state index contributed by atoms with van der Waals surface area (Å²) in [6.07, 6.45) is 3.77. The van der Waals surface area contributed by atoms with Crippen molar-refractivity contribution < 1.29 is 9.47 Å². The zero-order valence-corrected chi connectivity index (χ0v) is 12.1. The third kappa shape index (κ3) is 4.03. The molecule has 17 heavy (non-hydrogen) atoms. The van der Waals surface area contributed by atoms with E-state index in [1.807, 2.05) is 0 Å². The highest BCUT2D eigenvalue weighted by Gasteiger charge is 2.18. The summed E-state index contributed by atoms with van der Waals surface area (Å²) in [6.45, 7) is 2.03. The fourth-order valence-corrected chi connectivity index (χ4v) is 3.43. The summed E-state index contributed by atoms with van der Waals surface area (Å²) in [6, 6.07) is 2.07. The van der Waals surface area contributed by atoms with Crippen LogP contribution in [0.25, 0.3) is 0 Å². The van der Waals surface area contributed by atoms with Crippen LogP contribution in [0, 0.1) is 0 Å². The molecule has 0 bridgehead atoms. The molecule has 3 nitrogen and oxygen atoms in total. The molecule has 5 heteroatoms. The SMILES string of the molecule is NCC(OCC1CCCCO1)c1cc(Br)cs1. The van der Waals surface area contributed by atoms with Crippen LogP contribution in [0.1, 0.15) is 30.2 Å². The van der Waals surface area contributed by atoms with Gasteiger partial charge in [-0.2, -0.15) is 0 Å². The first-order chi connectivity index (χ1) is 8.29. The molecule has 2 rings (SSSR count). The van der Waals surface area contributed by atoms with E-state index in [0.29, 0.717) is 13.2 Å². The Morgan fingerprint density at radius 1 is 1.59 bits per heavy atom. The van der Waals surface area contributed by atoms with Gasteiger partial charge in [-0.1, -0.05) is 0 Å². The normalized spacial score (nSPS) is 22.6. The first-order valence-electron chi connectivity index (χ1n) is 5.97. The van der Waals surface area contributed by atoms with E-state index >= 15 is 0 Å². The van der Waals surface area contributed by atoms with Crippen molar-refractivity contribution in [3.05, 3.63) is 20.8 Å². The molecule has 96 valence electrons. The molecule has 1 saturated heterocycles. The van der Waals surface area contributed by atoms with Crippen LogP contribution >= 0.6 is 27.3 Å². The van der Waals surface area contributed by atoms with Crippen LogP contribution in [0.15, 0.2) is 15.9 Å². The largest absolute Gasteiger partial charge is 0.376 e. The van der Waals surface area contributed by atoms with Crippen LogP contribution in [0.4, 0.5) is 0 Å². The van der Waals surface area contributed by atoms with Crippen molar-refractivity contribution in [3.8, 4) is 0 Å². The van der Waals surface area contributed by atoms with Gasteiger partial charge in [-0.05, 0) is 41.3 Å². The highest BCUT2D eigenvalue weighted by Crippen LogP contribution is 2.28. The van der Waals surface area contributed by atoms with Crippen LogP contribution in [0.5, 0.6) is 0 Å². The Labute approximate surface area is 114 Å². The maximum atomic E-state index is 5.87. The second-order valence-corrected chi connectivity index (χ2v) is 6.07. The van der Waals surface area contributed by atoms with E-state index in [4.69, 9.17) is 15.2 Å². The van der Waals surface area contributed by atoms with Crippen LogP contribution in [-0.4, -0.2) is 25.9 Å². The van der Waals surface area contributed by atoms with Gasteiger partial charge in [0.1, 0.15) is 6.10 Å². The lowest BCUT2D eigenvalue weighted by Gasteiger charge is -2.24. The smallest absolute Gasteiger partial charge is 0.104 e. The van der Waals surface area contributed by atoms with Gasteiger partial charge in [0.05, 0.1) is 12.7 Å². The van der Waals surface area contributed by atoms with E-state index in [9.17, 15) is 0 Å². The molecule has 0 saturated carbocycles. The lowest BCUT2D eigenvalue weighted by Crippen LogP contribution is -2.27. The van der Waals surface area contributed by atoms with Gasteiger partial charge < -0.3 is 15.2 Å². The Hall–Kier alpha value is 0.0600. The maximum absolute atomic E-state index is 5.87. The molecule has 2 heterocycles. The van der Waals surface area contributed by atoms with Gasteiger partial charge in [-0.3, -0.25) is 0 Å². The Morgan fingerprint density at radius 2 is 2.47 bits per heavy atom. The minimum atomic E-state index is -0.00294. The van der Waals surface area contributed by atoms with Crippen molar-refractivity contribution in [3.63, 3.8) is 0 Å². The zero-order chi connectivity index (χ0) is 12.1. The van der Waals surface area contributed by atoms with Gasteiger partial charge in [0, 0.05) is 27.9 Å². The van der Waals surface area contributed by atoms with Gasteiger partial charge in [0.25, 0.3) is 0 Å². The highest BCUT2D eigenvalue weighted by atomic mass is 79.9. The van der Waals surface area contributed by atoms with Gasteiger partial charge in [0.15, 0.2) is 0 Å². The van der Waals surface area contributed by atoms with E-state index < -0.39 is 0 Å². The van der Waals surface area contributed by atoms with Crippen LogP contribution in [-0.2, 0) is 9.47 Å². The average Bonchev–Trinajstić information content (AvgIpc) is 2.78. The third-order valence-corrected chi connectivity index (χ3v) is 4.66. The fraction of sp³-hybridized carbons (Fsp3) is 0.667. The fourth-order valence-electron chi connectivity index (χ4n) is 1.93. The lowest BCUT2D eigenvalue weighted by atomic mass is 10.1. The molecular weight excluding hydrogens is 302 g/mol. The van der Waals surface area contributed by atoms with Gasteiger partial charge in [-0.25, -0.2) is 0 Å². The summed E-state index contributed by atoms with van der Waals surface area (Å²) in [5.41, 5.74) is 5.76. The molecule has 0 aliphatic carbocycles.